The highest BCUT2D eigenvalue weighted by Crippen LogP contribution is 2.29. The molecule has 0 fully saturated rings. The lowest BCUT2D eigenvalue weighted by Gasteiger charge is -2.00. The monoisotopic (exact) mass is 398 g/mol. The molecule has 4 nitrogen and oxygen atoms in total. The fourth-order valence-electron chi connectivity index (χ4n) is 2.18. The van der Waals surface area contributed by atoms with Crippen LogP contribution in [-0.4, -0.2) is 14.8 Å². The van der Waals surface area contributed by atoms with Gasteiger partial charge in [-0.25, -0.2) is 0 Å². The van der Waals surface area contributed by atoms with Crippen LogP contribution < -0.4 is 0 Å². The summed E-state index contributed by atoms with van der Waals surface area (Å²) in [5.74, 6) is 1.65. The van der Waals surface area contributed by atoms with Gasteiger partial charge in [0.05, 0.1) is 0 Å². The van der Waals surface area contributed by atoms with Gasteiger partial charge in [0.2, 0.25) is 5.89 Å². The molecule has 0 spiro atoms. The van der Waals surface area contributed by atoms with Gasteiger partial charge in [-0.1, -0.05) is 22.4 Å². The molecule has 1 aromatic carbocycles. The molecule has 0 unspecified atom stereocenters. The number of aryl methyl sites for hydroxylation is 1. The molecule has 0 aliphatic carbocycles. The summed E-state index contributed by atoms with van der Waals surface area (Å²) < 4.78 is 12.6. The summed E-state index contributed by atoms with van der Waals surface area (Å²) in [6.07, 6.45) is 3.74. The van der Waals surface area contributed by atoms with Crippen molar-refractivity contribution in [2.75, 3.05) is 0 Å². The Balaban J connectivity index is 1.69. The van der Waals surface area contributed by atoms with E-state index in [2.05, 4.69) is 51.4 Å². The third kappa shape index (κ3) is 3.88. The highest BCUT2D eigenvalue weighted by Gasteiger charge is 2.13. The van der Waals surface area contributed by atoms with Crippen molar-refractivity contribution in [2.45, 2.75) is 30.3 Å². The Morgan fingerprint density at radius 3 is 2.77 bits per heavy atom. The van der Waals surface area contributed by atoms with E-state index in [1.165, 1.54) is 0 Å². The summed E-state index contributed by atoms with van der Waals surface area (Å²) in [7, 11) is 0. The summed E-state index contributed by atoms with van der Waals surface area (Å²) in [5, 5.41) is 9.14. The first-order valence-electron chi connectivity index (χ1n) is 7.00. The van der Waals surface area contributed by atoms with Gasteiger partial charge >= 0.3 is 0 Å². The summed E-state index contributed by atoms with van der Waals surface area (Å²) >= 11 is 11.9. The largest absolute Gasteiger partial charge is 0.451 e. The molecule has 0 atom stereocenters. The van der Waals surface area contributed by atoms with Gasteiger partial charge in [-0.2, -0.15) is 25.3 Å². The average molecular weight is 399 g/mol. The lowest BCUT2D eigenvalue weighted by atomic mass is 10.2. The Morgan fingerprint density at radius 1 is 1.09 bits per heavy atom. The second kappa shape index (κ2) is 7.10. The Bertz CT molecular complexity index is 770. The van der Waals surface area contributed by atoms with Crippen LogP contribution in [0, 0.1) is 0 Å². The number of hydrogen-bond donors (Lipinski definition) is 2. The molecule has 2 heterocycles. The summed E-state index contributed by atoms with van der Waals surface area (Å²) in [6, 6.07) is 7.74. The highest BCUT2D eigenvalue weighted by molar-refractivity contribution is 9.10. The third-order valence-electron chi connectivity index (χ3n) is 3.26. The van der Waals surface area contributed by atoms with Gasteiger partial charge < -0.3 is 8.83 Å². The summed E-state index contributed by atoms with van der Waals surface area (Å²) in [4.78, 5) is 0. The number of benzene rings is 1. The number of thiol groups is 2. The number of aromatic nitrogens is 2. The molecule has 7 heteroatoms. The van der Waals surface area contributed by atoms with E-state index in [4.69, 9.17) is 8.83 Å². The second-order valence-electron chi connectivity index (χ2n) is 5.02. The topological polar surface area (TPSA) is 52.1 Å². The highest BCUT2D eigenvalue weighted by atomic mass is 79.9. The maximum atomic E-state index is 5.74. The van der Waals surface area contributed by atoms with Gasteiger partial charge in [0.15, 0.2) is 5.76 Å². The van der Waals surface area contributed by atoms with Crippen molar-refractivity contribution < 1.29 is 8.83 Å². The molecule has 0 aliphatic heterocycles. The fraction of sp³-hybridized carbons (Fsp3) is 0.333. The Hall–Kier alpha value is -0.920. The van der Waals surface area contributed by atoms with Crippen LogP contribution in [0.5, 0.6) is 0 Å². The van der Waals surface area contributed by atoms with Crippen molar-refractivity contribution in [3.8, 4) is 11.7 Å². The predicted molar refractivity (Wildman–Crippen MR) is 96.5 cm³/mol. The van der Waals surface area contributed by atoms with E-state index in [1.54, 1.807) is 0 Å². The Kier molecular flexibility index (Phi) is 5.15. The molecule has 0 aliphatic rings. The zero-order valence-electron chi connectivity index (χ0n) is 11.7. The van der Waals surface area contributed by atoms with Crippen LogP contribution in [0.15, 0.2) is 37.6 Å². The first kappa shape index (κ1) is 16.0. The molecular weight excluding hydrogens is 384 g/mol. The van der Waals surface area contributed by atoms with Crippen LogP contribution in [0.4, 0.5) is 0 Å². The second-order valence-corrected chi connectivity index (χ2v) is 7.59. The van der Waals surface area contributed by atoms with E-state index in [1.807, 2.05) is 24.3 Å². The van der Waals surface area contributed by atoms with Gasteiger partial charge in [-0.15, -0.1) is 10.2 Å². The zero-order chi connectivity index (χ0) is 15.5. The van der Waals surface area contributed by atoms with Gasteiger partial charge in [0, 0.05) is 20.9 Å². The summed E-state index contributed by atoms with van der Waals surface area (Å²) in [6.45, 7) is 0. The standard InChI is InChI=1S/C15H15BrN2O2S2/c16-10-5-6-11-9(7-10)8-12(19-11)15-18-17-13(20-15)3-1-2-4-14(21)22/h5-8,14,21-22H,1-4H2. The molecule has 0 bridgehead atoms. The van der Waals surface area contributed by atoms with Crippen molar-refractivity contribution in [3.05, 3.63) is 34.6 Å². The third-order valence-corrected chi connectivity index (χ3v) is 4.27. The molecule has 0 saturated heterocycles. The van der Waals surface area contributed by atoms with Crippen molar-refractivity contribution in [2.24, 2.45) is 0 Å². The van der Waals surface area contributed by atoms with Gasteiger partial charge in [-0.3, -0.25) is 0 Å². The van der Waals surface area contributed by atoms with Crippen LogP contribution in [0.3, 0.4) is 0 Å². The molecule has 3 rings (SSSR count). The smallest absolute Gasteiger partial charge is 0.283 e. The molecule has 0 amide bonds. The van der Waals surface area contributed by atoms with Gasteiger partial charge in [0.25, 0.3) is 5.89 Å². The average Bonchev–Trinajstić information content (AvgIpc) is 3.09. The number of nitrogens with zero attached hydrogens (tertiary/aromatic N) is 2. The Morgan fingerprint density at radius 2 is 1.95 bits per heavy atom. The van der Waals surface area contributed by atoms with Crippen molar-refractivity contribution in [3.63, 3.8) is 0 Å². The van der Waals surface area contributed by atoms with E-state index >= 15 is 0 Å². The van der Waals surface area contributed by atoms with Crippen molar-refractivity contribution >= 4 is 52.2 Å². The molecule has 3 aromatic rings. The van der Waals surface area contributed by atoms with Crippen LogP contribution in [0.2, 0.25) is 0 Å². The molecule has 0 saturated carbocycles. The molecule has 116 valence electrons. The first-order valence-corrected chi connectivity index (χ1v) is 8.82. The van der Waals surface area contributed by atoms with E-state index in [-0.39, 0.29) is 4.58 Å². The molecule has 22 heavy (non-hydrogen) atoms. The van der Waals surface area contributed by atoms with Crippen molar-refractivity contribution in [1.29, 1.82) is 0 Å². The quantitative estimate of drug-likeness (QED) is 0.342. The maximum Gasteiger partial charge on any atom is 0.283 e. The SMILES string of the molecule is SC(S)CCCCc1nnc(-c2cc3cc(Br)ccc3o2)o1. The van der Waals surface area contributed by atoms with Gasteiger partial charge in [-0.05, 0) is 37.1 Å². The molecule has 2 aromatic heterocycles. The van der Waals surface area contributed by atoms with Crippen LogP contribution in [0.25, 0.3) is 22.6 Å². The van der Waals surface area contributed by atoms with E-state index < -0.39 is 0 Å². The number of rotatable bonds is 6. The number of unbranched alkanes of at least 4 members (excludes halogenated alkanes) is 1. The number of furan rings is 1. The molecular formula is C15H15BrN2O2S2. The maximum absolute atomic E-state index is 5.74. The fourth-order valence-corrected chi connectivity index (χ4v) is 2.92. The molecule has 0 radical (unpaired) electrons. The number of fused-ring (bicyclic) bond motifs is 1. The van der Waals surface area contributed by atoms with E-state index in [0.717, 1.165) is 41.1 Å². The first-order chi connectivity index (χ1) is 10.6. The molecule has 0 N–H and O–H groups in total. The number of halogens is 1. The summed E-state index contributed by atoms with van der Waals surface area (Å²) in [5.41, 5.74) is 0.798. The van der Waals surface area contributed by atoms with Crippen molar-refractivity contribution in [1.82, 2.24) is 10.2 Å². The number of hydrogen-bond acceptors (Lipinski definition) is 6. The normalized spacial score (nSPS) is 11.6. The predicted octanol–water partition coefficient (Wildman–Crippen LogP) is 5.14. The van der Waals surface area contributed by atoms with E-state index in [9.17, 15) is 0 Å². The minimum absolute atomic E-state index is 0.133. The lowest BCUT2D eigenvalue weighted by Crippen LogP contribution is -1.90. The van der Waals surface area contributed by atoms with Gasteiger partial charge in [0.1, 0.15) is 5.58 Å². The Labute approximate surface area is 147 Å². The van der Waals surface area contributed by atoms with Crippen LogP contribution in [0.1, 0.15) is 25.2 Å². The van der Waals surface area contributed by atoms with Crippen LogP contribution >= 0.6 is 41.2 Å². The lowest BCUT2D eigenvalue weighted by molar-refractivity contribution is 0.477. The minimum atomic E-state index is 0.133. The zero-order valence-corrected chi connectivity index (χ0v) is 15.1. The van der Waals surface area contributed by atoms with E-state index in [0.29, 0.717) is 17.5 Å². The minimum Gasteiger partial charge on any atom is -0.451 e. The van der Waals surface area contributed by atoms with Crippen LogP contribution in [-0.2, 0) is 6.42 Å².